The first-order valence-corrected chi connectivity index (χ1v) is 6.19. The van der Waals surface area contributed by atoms with Gasteiger partial charge in [-0.25, -0.2) is 0 Å². The molecule has 0 saturated heterocycles. The number of hydrogen-bond acceptors (Lipinski definition) is 3. The van der Waals surface area contributed by atoms with Gasteiger partial charge in [-0.1, -0.05) is 23.7 Å². The normalized spacial score (nSPS) is 10.5. The summed E-state index contributed by atoms with van der Waals surface area (Å²) < 4.78 is 2.03. The Hall–Kier alpha value is -1.59. The number of anilines is 1. The van der Waals surface area contributed by atoms with Gasteiger partial charge in [-0.15, -0.1) is 0 Å². The smallest absolute Gasteiger partial charge is 0.253 e. The van der Waals surface area contributed by atoms with Crippen LogP contribution in [0.3, 0.4) is 0 Å². The number of aromatic nitrogens is 2. The van der Waals surface area contributed by atoms with Crippen LogP contribution in [0.15, 0.2) is 35.1 Å². The van der Waals surface area contributed by atoms with Crippen LogP contribution in [0.5, 0.6) is 0 Å². The first kappa shape index (κ1) is 12.9. The fraction of sp³-hybridized carbons (Fsp3) is 0.167. The van der Waals surface area contributed by atoms with Crippen LogP contribution in [0.4, 0.5) is 5.82 Å². The maximum absolute atomic E-state index is 11.1. The van der Waals surface area contributed by atoms with Crippen molar-refractivity contribution in [3.8, 4) is 0 Å². The van der Waals surface area contributed by atoms with Crippen molar-refractivity contribution in [3.05, 3.63) is 56.0 Å². The van der Waals surface area contributed by atoms with Crippen LogP contribution in [-0.4, -0.2) is 9.55 Å². The molecular weight excluding hydrogens is 270 g/mol. The Kier molecular flexibility index (Phi) is 3.84. The molecule has 1 heterocycles. The highest BCUT2D eigenvalue weighted by atomic mass is 35.5. The number of benzene rings is 1. The largest absolute Gasteiger partial charge is 0.385 e. The minimum atomic E-state index is -0.281. The van der Waals surface area contributed by atoms with Crippen molar-refractivity contribution in [2.45, 2.75) is 13.0 Å². The highest BCUT2D eigenvalue weighted by molar-refractivity contribution is 7.71. The van der Waals surface area contributed by atoms with E-state index in [-0.39, 0.29) is 5.56 Å². The summed E-state index contributed by atoms with van der Waals surface area (Å²) in [6, 6.07) is 8.93. The highest BCUT2D eigenvalue weighted by Gasteiger charge is 2.01. The summed E-state index contributed by atoms with van der Waals surface area (Å²) in [5.74, 6) is 0.366. The average Bonchev–Trinajstić information content (AvgIpc) is 2.27. The number of nitrogens with two attached hydrogens (primary N) is 1. The molecule has 0 aliphatic carbocycles. The van der Waals surface area contributed by atoms with Crippen molar-refractivity contribution < 1.29 is 0 Å². The molecule has 1 aromatic heterocycles. The molecule has 4 nitrogen and oxygen atoms in total. The third kappa shape index (κ3) is 3.00. The van der Waals surface area contributed by atoms with Gasteiger partial charge >= 0.3 is 0 Å². The molecule has 0 radical (unpaired) electrons. The van der Waals surface area contributed by atoms with E-state index in [9.17, 15) is 4.79 Å². The number of aromatic amines is 1. The van der Waals surface area contributed by atoms with Gasteiger partial charge in [-0.2, -0.15) is 0 Å². The SMILES string of the molecule is Nc1cc(=O)[nH]c(=S)n1CCc1cccc(Cl)c1. The molecule has 0 aliphatic rings. The molecule has 2 aromatic rings. The van der Waals surface area contributed by atoms with Crippen LogP contribution < -0.4 is 11.3 Å². The summed E-state index contributed by atoms with van der Waals surface area (Å²) in [6.07, 6.45) is 0.741. The van der Waals surface area contributed by atoms with Gasteiger partial charge < -0.3 is 10.3 Å². The number of nitrogens with zero attached hydrogens (tertiary/aromatic N) is 1. The van der Waals surface area contributed by atoms with Gasteiger partial charge in [-0.05, 0) is 36.3 Å². The predicted molar refractivity (Wildman–Crippen MR) is 75.5 cm³/mol. The van der Waals surface area contributed by atoms with Crippen molar-refractivity contribution >= 4 is 29.6 Å². The first-order chi connectivity index (χ1) is 8.56. The van der Waals surface area contributed by atoms with E-state index in [1.807, 2.05) is 24.3 Å². The molecule has 94 valence electrons. The van der Waals surface area contributed by atoms with Crippen LogP contribution in [0.1, 0.15) is 5.56 Å². The maximum atomic E-state index is 11.1. The van der Waals surface area contributed by atoms with E-state index in [1.165, 1.54) is 6.07 Å². The lowest BCUT2D eigenvalue weighted by atomic mass is 10.1. The Bertz CT molecular complexity index is 678. The van der Waals surface area contributed by atoms with Crippen molar-refractivity contribution in [2.24, 2.45) is 0 Å². The third-order valence-corrected chi connectivity index (χ3v) is 3.14. The molecule has 0 spiro atoms. The molecule has 0 bridgehead atoms. The summed E-state index contributed by atoms with van der Waals surface area (Å²) in [4.78, 5) is 13.7. The molecule has 0 amide bonds. The lowest BCUT2D eigenvalue weighted by molar-refractivity contribution is 0.672. The van der Waals surface area contributed by atoms with E-state index in [0.717, 1.165) is 12.0 Å². The Labute approximate surface area is 114 Å². The Morgan fingerprint density at radius 2 is 2.17 bits per heavy atom. The second-order valence-corrected chi connectivity index (χ2v) is 4.72. The second-order valence-electron chi connectivity index (χ2n) is 3.90. The summed E-state index contributed by atoms with van der Waals surface area (Å²) in [5, 5.41) is 0.700. The molecule has 0 aliphatic heterocycles. The molecule has 0 saturated carbocycles. The fourth-order valence-electron chi connectivity index (χ4n) is 1.70. The molecule has 6 heteroatoms. The van der Waals surface area contributed by atoms with Crippen molar-refractivity contribution in [3.63, 3.8) is 0 Å². The van der Waals surface area contributed by atoms with Crippen LogP contribution >= 0.6 is 23.8 Å². The number of hydrogen-bond donors (Lipinski definition) is 2. The average molecular weight is 282 g/mol. The fourth-order valence-corrected chi connectivity index (χ4v) is 2.21. The Morgan fingerprint density at radius 1 is 1.39 bits per heavy atom. The van der Waals surface area contributed by atoms with Gasteiger partial charge in [-0.3, -0.25) is 9.78 Å². The Balaban J connectivity index is 2.21. The van der Waals surface area contributed by atoms with Crippen LogP contribution in [0.2, 0.25) is 5.02 Å². The number of nitrogens with one attached hydrogen (secondary N) is 1. The zero-order chi connectivity index (χ0) is 13.1. The van der Waals surface area contributed by atoms with E-state index in [1.54, 1.807) is 4.57 Å². The standard InChI is InChI=1S/C12H12ClN3OS/c13-9-3-1-2-8(6-9)4-5-16-10(14)7-11(17)15-12(16)18/h1-3,6-7H,4-5,14H2,(H,15,17,18). The molecule has 2 rings (SSSR count). The molecule has 18 heavy (non-hydrogen) atoms. The van der Waals surface area contributed by atoms with E-state index >= 15 is 0 Å². The van der Waals surface area contributed by atoms with E-state index in [2.05, 4.69) is 4.98 Å². The topological polar surface area (TPSA) is 63.8 Å². The minimum Gasteiger partial charge on any atom is -0.385 e. The van der Waals surface area contributed by atoms with Gasteiger partial charge in [0.2, 0.25) is 0 Å². The number of nitrogen functional groups attached to an aromatic ring is 1. The second kappa shape index (κ2) is 5.37. The lowest BCUT2D eigenvalue weighted by Gasteiger charge is -2.09. The van der Waals surface area contributed by atoms with Gasteiger partial charge in [0, 0.05) is 17.6 Å². The van der Waals surface area contributed by atoms with Gasteiger partial charge in [0.05, 0.1) is 0 Å². The van der Waals surface area contributed by atoms with Gasteiger partial charge in [0.1, 0.15) is 5.82 Å². The predicted octanol–water partition coefficient (Wildman–Crippen LogP) is 2.38. The lowest BCUT2D eigenvalue weighted by Crippen LogP contribution is -2.17. The summed E-state index contributed by atoms with van der Waals surface area (Å²) in [6.45, 7) is 0.599. The molecule has 0 fully saturated rings. The molecule has 0 unspecified atom stereocenters. The van der Waals surface area contributed by atoms with E-state index in [0.29, 0.717) is 22.2 Å². The minimum absolute atomic E-state index is 0.281. The third-order valence-electron chi connectivity index (χ3n) is 2.58. The first-order valence-electron chi connectivity index (χ1n) is 5.40. The molecule has 0 atom stereocenters. The number of halogens is 1. The monoisotopic (exact) mass is 281 g/mol. The Morgan fingerprint density at radius 3 is 2.83 bits per heavy atom. The van der Waals surface area contributed by atoms with E-state index < -0.39 is 0 Å². The number of rotatable bonds is 3. The van der Waals surface area contributed by atoms with Crippen molar-refractivity contribution in [1.82, 2.24) is 9.55 Å². The molecule has 3 N–H and O–H groups in total. The number of H-pyrrole nitrogens is 1. The van der Waals surface area contributed by atoms with Crippen LogP contribution in [0.25, 0.3) is 0 Å². The van der Waals surface area contributed by atoms with Crippen molar-refractivity contribution in [1.29, 1.82) is 0 Å². The summed E-state index contributed by atoms with van der Waals surface area (Å²) in [7, 11) is 0. The zero-order valence-electron chi connectivity index (χ0n) is 9.52. The van der Waals surface area contributed by atoms with Gasteiger partial charge in [0.25, 0.3) is 5.56 Å². The van der Waals surface area contributed by atoms with Crippen LogP contribution in [-0.2, 0) is 13.0 Å². The number of aryl methyl sites for hydroxylation is 1. The maximum Gasteiger partial charge on any atom is 0.253 e. The molecular formula is C12H12ClN3OS. The summed E-state index contributed by atoms with van der Waals surface area (Å²) in [5.41, 5.74) is 6.58. The molecule has 1 aromatic carbocycles. The van der Waals surface area contributed by atoms with E-state index in [4.69, 9.17) is 29.6 Å². The van der Waals surface area contributed by atoms with Crippen LogP contribution in [0, 0.1) is 4.77 Å². The van der Waals surface area contributed by atoms with Crippen molar-refractivity contribution in [2.75, 3.05) is 5.73 Å². The quantitative estimate of drug-likeness (QED) is 0.849. The zero-order valence-corrected chi connectivity index (χ0v) is 11.1. The highest BCUT2D eigenvalue weighted by Crippen LogP contribution is 2.12. The summed E-state index contributed by atoms with van der Waals surface area (Å²) >= 11 is 11.0. The van der Waals surface area contributed by atoms with Gasteiger partial charge in [0.15, 0.2) is 4.77 Å².